The lowest BCUT2D eigenvalue weighted by molar-refractivity contribution is 0.0934. The van der Waals surface area contributed by atoms with Crippen LogP contribution in [-0.2, 0) is 30.1 Å². The van der Waals surface area contributed by atoms with E-state index in [1.165, 1.54) is 11.1 Å². The van der Waals surface area contributed by atoms with Crippen molar-refractivity contribution < 1.29 is 4.74 Å². The molecule has 2 aromatic heterocycles. The van der Waals surface area contributed by atoms with Crippen molar-refractivity contribution in [3.63, 3.8) is 0 Å². The summed E-state index contributed by atoms with van der Waals surface area (Å²) in [5.41, 5.74) is 3.65. The van der Waals surface area contributed by atoms with Crippen LogP contribution < -0.4 is 0 Å². The van der Waals surface area contributed by atoms with Crippen molar-refractivity contribution in [3.05, 3.63) is 71.3 Å². The summed E-state index contributed by atoms with van der Waals surface area (Å²) in [6.45, 7) is 5.42. The topological polar surface area (TPSA) is 56.1 Å². The summed E-state index contributed by atoms with van der Waals surface area (Å²) >= 11 is 1.69. The first-order valence-corrected chi connectivity index (χ1v) is 11.5. The van der Waals surface area contributed by atoms with E-state index in [9.17, 15) is 0 Å². The lowest BCUT2D eigenvalue weighted by Crippen LogP contribution is -2.23. The molecule has 1 aliphatic rings. The van der Waals surface area contributed by atoms with Gasteiger partial charge >= 0.3 is 0 Å². The number of aryl methyl sites for hydroxylation is 1. The number of ether oxygens (including phenoxy) is 1. The molecule has 1 fully saturated rings. The number of thioether (sulfide) groups is 1. The SMILES string of the molecule is Cc1cccc(CN(C)Cc2nnc(SCc3ccccn3)n2C[C@H]2CCCO2)c1. The maximum Gasteiger partial charge on any atom is 0.191 e. The molecule has 1 saturated heterocycles. The van der Waals surface area contributed by atoms with Crippen molar-refractivity contribution >= 4 is 11.8 Å². The van der Waals surface area contributed by atoms with Gasteiger partial charge in [0.2, 0.25) is 0 Å². The molecule has 3 aromatic rings. The van der Waals surface area contributed by atoms with Crippen molar-refractivity contribution in [2.75, 3.05) is 13.7 Å². The Morgan fingerprint density at radius 1 is 1.17 bits per heavy atom. The Hall–Kier alpha value is -2.22. The molecule has 0 unspecified atom stereocenters. The zero-order chi connectivity index (χ0) is 20.8. The van der Waals surface area contributed by atoms with Crippen LogP contribution in [-0.4, -0.2) is 44.4 Å². The van der Waals surface area contributed by atoms with Crippen molar-refractivity contribution in [2.24, 2.45) is 0 Å². The lowest BCUT2D eigenvalue weighted by atomic mass is 10.1. The molecule has 0 radical (unpaired) electrons. The molecule has 0 aliphatic carbocycles. The van der Waals surface area contributed by atoms with Gasteiger partial charge in [-0.25, -0.2) is 0 Å². The Balaban J connectivity index is 1.47. The first-order valence-electron chi connectivity index (χ1n) is 10.5. The van der Waals surface area contributed by atoms with Crippen LogP contribution in [0.4, 0.5) is 0 Å². The average Bonchev–Trinajstić information content (AvgIpc) is 3.38. The van der Waals surface area contributed by atoms with E-state index in [0.717, 1.165) is 61.5 Å². The van der Waals surface area contributed by atoms with Gasteiger partial charge in [-0.2, -0.15) is 0 Å². The number of hydrogen-bond acceptors (Lipinski definition) is 6. The third kappa shape index (κ3) is 5.68. The number of hydrogen-bond donors (Lipinski definition) is 0. The van der Waals surface area contributed by atoms with Crippen molar-refractivity contribution in [2.45, 2.75) is 56.4 Å². The van der Waals surface area contributed by atoms with Crippen LogP contribution in [0, 0.1) is 6.92 Å². The standard InChI is InChI=1S/C23H29N5OS/c1-18-7-5-8-19(13-18)14-27(2)16-22-25-26-23(28(22)15-21-10-6-12-29-21)30-17-20-9-3-4-11-24-20/h3-5,7-9,11,13,21H,6,10,12,14-17H2,1-2H3/t21-/m1/s1. The van der Waals surface area contributed by atoms with Crippen LogP contribution >= 0.6 is 11.8 Å². The van der Waals surface area contributed by atoms with Gasteiger partial charge in [0.05, 0.1) is 24.9 Å². The third-order valence-corrected chi connectivity index (χ3v) is 6.23. The lowest BCUT2D eigenvalue weighted by Gasteiger charge is -2.19. The highest BCUT2D eigenvalue weighted by Crippen LogP contribution is 2.24. The summed E-state index contributed by atoms with van der Waals surface area (Å²) in [4.78, 5) is 6.71. The third-order valence-electron chi connectivity index (χ3n) is 5.23. The molecule has 6 nitrogen and oxygen atoms in total. The van der Waals surface area contributed by atoms with Crippen LogP contribution in [0.5, 0.6) is 0 Å². The Bertz CT molecular complexity index is 940. The highest BCUT2D eigenvalue weighted by Gasteiger charge is 2.21. The van der Waals surface area contributed by atoms with Crippen LogP contribution in [0.1, 0.15) is 35.5 Å². The van der Waals surface area contributed by atoms with Crippen LogP contribution in [0.3, 0.4) is 0 Å². The minimum Gasteiger partial charge on any atom is -0.376 e. The normalized spacial score (nSPS) is 16.4. The molecular formula is C23H29N5OS. The van der Waals surface area contributed by atoms with Crippen LogP contribution in [0.25, 0.3) is 0 Å². The van der Waals surface area contributed by atoms with E-state index in [-0.39, 0.29) is 6.10 Å². The molecule has 1 aliphatic heterocycles. The van der Waals surface area contributed by atoms with Gasteiger partial charge in [0.25, 0.3) is 0 Å². The Labute approximate surface area is 182 Å². The number of aromatic nitrogens is 4. The zero-order valence-corrected chi connectivity index (χ0v) is 18.5. The summed E-state index contributed by atoms with van der Waals surface area (Å²) in [5, 5.41) is 10.00. The fraction of sp³-hybridized carbons (Fsp3) is 0.435. The number of rotatable bonds is 9. The molecule has 0 amide bonds. The number of nitrogens with zero attached hydrogens (tertiary/aromatic N) is 5. The minimum atomic E-state index is 0.246. The van der Waals surface area contributed by atoms with E-state index in [0.29, 0.717) is 0 Å². The highest BCUT2D eigenvalue weighted by atomic mass is 32.2. The number of pyridine rings is 1. The maximum absolute atomic E-state index is 5.90. The molecule has 4 rings (SSSR count). The van der Waals surface area contributed by atoms with E-state index in [2.05, 4.69) is 62.9 Å². The van der Waals surface area contributed by atoms with Crippen molar-refractivity contribution in [1.82, 2.24) is 24.6 Å². The van der Waals surface area contributed by atoms with E-state index < -0.39 is 0 Å². The molecule has 0 saturated carbocycles. The summed E-state index contributed by atoms with van der Waals surface area (Å²) in [7, 11) is 2.13. The van der Waals surface area contributed by atoms with Crippen LogP contribution in [0.2, 0.25) is 0 Å². The predicted octanol–water partition coefficient (Wildman–Crippen LogP) is 4.08. The van der Waals surface area contributed by atoms with Gasteiger partial charge in [-0.1, -0.05) is 47.7 Å². The predicted molar refractivity (Wildman–Crippen MR) is 119 cm³/mol. The molecule has 158 valence electrons. The van der Waals surface area contributed by atoms with E-state index in [1.807, 2.05) is 24.4 Å². The smallest absolute Gasteiger partial charge is 0.191 e. The van der Waals surface area contributed by atoms with Gasteiger partial charge in [0, 0.05) is 25.1 Å². The van der Waals surface area contributed by atoms with Gasteiger partial charge in [-0.15, -0.1) is 10.2 Å². The molecular weight excluding hydrogens is 394 g/mol. The fourth-order valence-corrected chi connectivity index (χ4v) is 4.64. The Morgan fingerprint density at radius 3 is 2.87 bits per heavy atom. The van der Waals surface area contributed by atoms with Crippen molar-refractivity contribution in [1.29, 1.82) is 0 Å². The molecule has 1 atom stereocenters. The second-order valence-electron chi connectivity index (χ2n) is 7.92. The van der Waals surface area contributed by atoms with E-state index in [1.54, 1.807) is 11.8 Å². The zero-order valence-electron chi connectivity index (χ0n) is 17.7. The average molecular weight is 424 g/mol. The van der Waals surface area contributed by atoms with Crippen LogP contribution in [0.15, 0.2) is 53.8 Å². The molecule has 0 spiro atoms. The summed E-state index contributed by atoms with van der Waals surface area (Å²) in [6, 6.07) is 14.7. The van der Waals surface area contributed by atoms with Gasteiger partial charge < -0.3 is 9.30 Å². The van der Waals surface area contributed by atoms with Gasteiger partial charge in [0.15, 0.2) is 5.16 Å². The second kappa shape index (κ2) is 10.2. The monoisotopic (exact) mass is 423 g/mol. The van der Waals surface area contributed by atoms with Crippen molar-refractivity contribution in [3.8, 4) is 0 Å². The molecule has 0 N–H and O–H groups in total. The molecule has 0 bridgehead atoms. The van der Waals surface area contributed by atoms with Gasteiger partial charge in [-0.3, -0.25) is 9.88 Å². The summed E-state index contributed by atoms with van der Waals surface area (Å²) in [6.07, 6.45) is 4.31. The first-order chi connectivity index (χ1) is 14.7. The van der Waals surface area contributed by atoms with Gasteiger partial charge in [0.1, 0.15) is 5.82 Å². The Morgan fingerprint density at radius 2 is 2.10 bits per heavy atom. The summed E-state index contributed by atoms with van der Waals surface area (Å²) < 4.78 is 8.15. The molecule has 3 heterocycles. The molecule has 1 aromatic carbocycles. The van der Waals surface area contributed by atoms with Gasteiger partial charge in [-0.05, 0) is 44.5 Å². The number of benzene rings is 1. The quantitative estimate of drug-likeness (QED) is 0.483. The van der Waals surface area contributed by atoms with E-state index >= 15 is 0 Å². The summed E-state index contributed by atoms with van der Waals surface area (Å²) in [5.74, 6) is 1.77. The largest absolute Gasteiger partial charge is 0.376 e. The first kappa shape index (κ1) is 21.0. The molecule has 30 heavy (non-hydrogen) atoms. The highest BCUT2D eigenvalue weighted by molar-refractivity contribution is 7.98. The maximum atomic E-state index is 5.90. The second-order valence-corrected chi connectivity index (χ2v) is 8.86. The Kier molecular flexibility index (Phi) is 7.15. The van der Waals surface area contributed by atoms with E-state index in [4.69, 9.17) is 4.74 Å². The fourth-order valence-electron chi connectivity index (χ4n) is 3.76. The minimum absolute atomic E-state index is 0.246. The molecule has 7 heteroatoms.